The molecule has 1 fully saturated rings. The summed E-state index contributed by atoms with van der Waals surface area (Å²) in [7, 11) is -0.440. The highest BCUT2D eigenvalue weighted by atomic mass is 16.7. The van der Waals surface area contributed by atoms with Gasteiger partial charge in [-0.25, -0.2) is 4.98 Å². The fourth-order valence-corrected chi connectivity index (χ4v) is 3.16. The van der Waals surface area contributed by atoms with E-state index in [1.54, 1.807) is 30.5 Å². The van der Waals surface area contributed by atoms with Gasteiger partial charge >= 0.3 is 7.12 Å². The summed E-state index contributed by atoms with van der Waals surface area (Å²) in [6.45, 7) is 10.5. The Balaban J connectivity index is 1.73. The molecule has 0 bridgehead atoms. The maximum absolute atomic E-state index is 12.3. The van der Waals surface area contributed by atoms with E-state index >= 15 is 0 Å². The highest BCUT2D eigenvalue weighted by molar-refractivity contribution is 6.62. The Labute approximate surface area is 155 Å². The first-order valence-electron chi connectivity index (χ1n) is 8.91. The topological polar surface area (TPSA) is 60.5 Å². The molecule has 0 spiro atoms. The zero-order chi connectivity index (χ0) is 18.9. The van der Waals surface area contributed by atoms with Crippen LogP contribution in [0, 0.1) is 5.92 Å². The van der Waals surface area contributed by atoms with E-state index in [1.165, 1.54) is 0 Å². The molecule has 0 radical (unpaired) electrons. The minimum absolute atomic E-state index is 0.198. The fraction of sp³-hybridized carbons (Fsp3) is 0.400. The minimum atomic E-state index is -0.440. The second-order valence-corrected chi connectivity index (χ2v) is 7.63. The Hall–Kier alpha value is -2.18. The predicted octanol–water partition coefficient (Wildman–Crippen LogP) is 3.27. The van der Waals surface area contributed by atoms with Crippen molar-refractivity contribution < 1.29 is 14.1 Å². The predicted molar refractivity (Wildman–Crippen MR) is 104 cm³/mol. The second-order valence-electron chi connectivity index (χ2n) is 7.63. The molecule has 1 saturated heterocycles. The SMILES string of the molecule is CC(C)C1(C)OB(c2ccc(C(=O)Nc3ccccn3)cc2)OC1(C)C. The average Bonchev–Trinajstić information content (AvgIpc) is 2.87. The molecule has 2 heterocycles. The number of hydrogen-bond acceptors (Lipinski definition) is 4. The van der Waals surface area contributed by atoms with Crippen molar-refractivity contribution in [1.29, 1.82) is 0 Å². The van der Waals surface area contributed by atoms with E-state index in [2.05, 4.69) is 44.9 Å². The van der Waals surface area contributed by atoms with E-state index in [4.69, 9.17) is 9.31 Å². The van der Waals surface area contributed by atoms with Crippen LogP contribution in [0.5, 0.6) is 0 Å². The fourth-order valence-electron chi connectivity index (χ4n) is 3.16. The van der Waals surface area contributed by atoms with Crippen LogP contribution in [-0.2, 0) is 9.31 Å². The van der Waals surface area contributed by atoms with Crippen LogP contribution in [0.2, 0.25) is 0 Å². The lowest BCUT2D eigenvalue weighted by Crippen LogP contribution is -2.48. The maximum atomic E-state index is 12.3. The number of carbonyl (C=O) groups is 1. The molecule has 0 saturated carbocycles. The largest absolute Gasteiger partial charge is 0.494 e. The number of hydrogen-bond donors (Lipinski definition) is 1. The molecule has 1 aliphatic heterocycles. The molecular formula is C20H25BN2O3. The number of amides is 1. The summed E-state index contributed by atoms with van der Waals surface area (Å²) in [6, 6.07) is 12.7. The van der Waals surface area contributed by atoms with Crippen molar-refractivity contribution in [3.63, 3.8) is 0 Å². The number of nitrogens with one attached hydrogen (secondary N) is 1. The van der Waals surface area contributed by atoms with Crippen molar-refractivity contribution >= 4 is 24.3 Å². The first-order valence-corrected chi connectivity index (χ1v) is 8.91. The van der Waals surface area contributed by atoms with Crippen LogP contribution in [0.4, 0.5) is 5.82 Å². The Morgan fingerprint density at radius 2 is 1.77 bits per heavy atom. The number of pyridine rings is 1. The smallest absolute Gasteiger partial charge is 0.399 e. The average molecular weight is 352 g/mol. The third-order valence-electron chi connectivity index (χ3n) is 5.40. The minimum Gasteiger partial charge on any atom is -0.399 e. The molecule has 136 valence electrons. The lowest BCUT2D eigenvalue weighted by Gasteiger charge is -2.39. The van der Waals surface area contributed by atoms with Crippen LogP contribution < -0.4 is 10.8 Å². The van der Waals surface area contributed by atoms with Crippen molar-refractivity contribution in [3.8, 4) is 0 Å². The summed E-state index contributed by atoms with van der Waals surface area (Å²) in [5.74, 6) is 0.639. The van der Waals surface area contributed by atoms with Gasteiger partial charge in [-0.3, -0.25) is 4.79 Å². The van der Waals surface area contributed by atoms with Crippen molar-refractivity contribution in [2.75, 3.05) is 5.32 Å². The van der Waals surface area contributed by atoms with Gasteiger partial charge in [-0.05, 0) is 56.4 Å². The van der Waals surface area contributed by atoms with Gasteiger partial charge in [-0.15, -0.1) is 0 Å². The number of carbonyl (C=O) groups excluding carboxylic acids is 1. The molecule has 26 heavy (non-hydrogen) atoms. The molecule has 5 nitrogen and oxygen atoms in total. The van der Waals surface area contributed by atoms with Gasteiger partial charge in [0.05, 0.1) is 11.2 Å². The normalized spacial score (nSPS) is 21.8. The van der Waals surface area contributed by atoms with Gasteiger partial charge in [0.1, 0.15) is 5.82 Å². The zero-order valence-corrected chi connectivity index (χ0v) is 15.9. The third-order valence-corrected chi connectivity index (χ3v) is 5.40. The molecule has 6 heteroatoms. The van der Waals surface area contributed by atoms with Crippen molar-refractivity contribution in [2.45, 2.75) is 45.8 Å². The number of nitrogens with zero attached hydrogens (tertiary/aromatic N) is 1. The highest BCUT2D eigenvalue weighted by Gasteiger charge is 2.55. The molecule has 1 aromatic heterocycles. The Bertz CT molecular complexity index is 777. The Morgan fingerprint density at radius 1 is 1.08 bits per heavy atom. The van der Waals surface area contributed by atoms with Crippen LogP contribution in [0.1, 0.15) is 45.0 Å². The van der Waals surface area contributed by atoms with Gasteiger partial charge in [0.15, 0.2) is 0 Å². The molecule has 3 rings (SSSR count). The van der Waals surface area contributed by atoms with E-state index < -0.39 is 12.7 Å². The van der Waals surface area contributed by atoms with E-state index in [-0.39, 0.29) is 11.5 Å². The molecule has 1 aromatic carbocycles. The van der Waals surface area contributed by atoms with E-state index in [0.29, 0.717) is 17.3 Å². The van der Waals surface area contributed by atoms with Crippen LogP contribution in [0.25, 0.3) is 0 Å². The Morgan fingerprint density at radius 3 is 2.31 bits per heavy atom. The number of rotatable bonds is 4. The van der Waals surface area contributed by atoms with Gasteiger partial charge in [-0.1, -0.05) is 32.0 Å². The molecule has 0 aliphatic carbocycles. The summed E-state index contributed by atoms with van der Waals surface area (Å²) in [5.41, 5.74) is 0.674. The van der Waals surface area contributed by atoms with Crippen LogP contribution in [-0.4, -0.2) is 29.2 Å². The standard InChI is InChI=1S/C20H25BN2O3/c1-14(2)20(5)19(3,4)25-21(26-20)16-11-9-15(10-12-16)18(24)23-17-8-6-7-13-22-17/h6-14H,1-5H3,(H,22,23,24). The lowest BCUT2D eigenvalue weighted by molar-refractivity contribution is -0.0435. The van der Waals surface area contributed by atoms with Gasteiger partial charge in [0.2, 0.25) is 0 Å². The van der Waals surface area contributed by atoms with Gasteiger partial charge in [-0.2, -0.15) is 0 Å². The molecule has 1 N–H and O–H groups in total. The summed E-state index contributed by atoms with van der Waals surface area (Å²) >= 11 is 0. The molecular weight excluding hydrogens is 327 g/mol. The summed E-state index contributed by atoms with van der Waals surface area (Å²) in [6.07, 6.45) is 1.64. The summed E-state index contributed by atoms with van der Waals surface area (Å²) in [5, 5.41) is 2.78. The first kappa shape index (κ1) is 18.6. The maximum Gasteiger partial charge on any atom is 0.494 e. The molecule has 1 atom stereocenters. The Kier molecular flexibility index (Phi) is 4.91. The van der Waals surface area contributed by atoms with E-state index in [1.807, 2.05) is 18.2 Å². The molecule has 1 unspecified atom stereocenters. The van der Waals surface area contributed by atoms with Gasteiger partial charge in [0, 0.05) is 11.8 Å². The first-order chi connectivity index (χ1) is 12.2. The molecule has 2 aromatic rings. The monoisotopic (exact) mass is 352 g/mol. The van der Waals surface area contributed by atoms with Crippen LogP contribution >= 0.6 is 0 Å². The third kappa shape index (κ3) is 3.39. The summed E-state index contributed by atoms with van der Waals surface area (Å²) < 4.78 is 12.4. The van der Waals surface area contributed by atoms with Crippen molar-refractivity contribution in [1.82, 2.24) is 4.98 Å². The van der Waals surface area contributed by atoms with Crippen LogP contribution in [0.15, 0.2) is 48.7 Å². The van der Waals surface area contributed by atoms with E-state index in [0.717, 1.165) is 5.46 Å². The van der Waals surface area contributed by atoms with E-state index in [9.17, 15) is 4.79 Å². The molecule has 1 amide bonds. The zero-order valence-electron chi connectivity index (χ0n) is 15.9. The van der Waals surface area contributed by atoms with Crippen LogP contribution in [0.3, 0.4) is 0 Å². The van der Waals surface area contributed by atoms with Gasteiger partial charge < -0.3 is 14.6 Å². The van der Waals surface area contributed by atoms with Crippen molar-refractivity contribution in [2.24, 2.45) is 5.92 Å². The second kappa shape index (κ2) is 6.85. The number of benzene rings is 1. The van der Waals surface area contributed by atoms with Gasteiger partial charge in [0.25, 0.3) is 5.91 Å². The van der Waals surface area contributed by atoms with Crippen molar-refractivity contribution in [3.05, 3.63) is 54.2 Å². The highest BCUT2D eigenvalue weighted by Crippen LogP contribution is 2.42. The number of aromatic nitrogens is 1. The number of anilines is 1. The quantitative estimate of drug-likeness (QED) is 0.858. The lowest BCUT2D eigenvalue weighted by atomic mass is 9.78. The summed E-state index contributed by atoms with van der Waals surface area (Å²) in [4.78, 5) is 16.4. The molecule has 1 aliphatic rings.